The number of carbonyl (C=O) groups excluding carboxylic acids is 1. The summed E-state index contributed by atoms with van der Waals surface area (Å²) in [6, 6.07) is 19.3. The smallest absolute Gasteiger partial charge is 0.193 e. The molecule has 32 heavy (non-hydrogen) atoms. The van der Waals surface area contributed by atoms with Crippen molar-refractivity contribution in [1.29, 1.82) is 0 Å². The molecular weight excluding hydrogens is 422 g/mol. The highest BCUT2D eigenvalue weighted by molar-refractivity contribution is 6.30. The van der Waals surface area contributed by atoms with Gasteiger partial charge in [0.1, 0.15) is 18.1 Å². The van der Waals surface area contributed by atoms with Gasteiger partial charge in [-0.05, 0) is 91.7 Å². The van der Waals surface area contributed by atoms with Crippen LogP contribution < -0.4 is 4.74 Å². The summed E-state index contributed by atoms with van der Waals surface area (Å²) >= 11 is 6.00. The van der Waals surface area contributed by atoms with Gasteiger partial charge in [0.25, 0.3) is 0 Å². The molecule has 166 valence electrons. The number of ketones is 1. The van der Waals surface area contributed by atoms with Crippen molar-refractivity contribution in [1.82, 2.24) is 4.90 Å². The number of hydrogen-bond acceptors (Lipinski definition) is 4. The maximum Gasteiger partial charge on any atom is 0.193 e. The molecule has 1 fully saturated rings. The zero-order chi connectivity index (χ0) is 22.3. The van der Waals surface area contributed by atoms with Crippen molar-refractivity contribution in [3.63, 3.8) is 0 Å². The van der Waals surface area contributed by atoms with Gasteiger partial charge in [-0.3, -0.25) is 9.69 Å². The lowest BCUT2D eigenvalue weighted by Gasteiger charge is -2.19. The maximum absolute atomic E-state index is 13.2. The SMILES string of the molecule is O=C(c1ccc(OCCN2CCCCCC2)cc1)c1ccc(O)cc1-c1ccc(Cl)cc1. The summed E-state index contributed by atoms with van der Waals surface area (Å²) in [5, 5.41) is 10.6. The van der Waals surface area contributed by atoms with Crippen molar-refractivity contribution in [3.05, 3.63) is 82.9 Å². The fourth-order valence-corrected chi connectivity index (χ4v) is 4.23. The van der Waals surface area contributed by atoms with Crippen LogP contribution in [0.5, 0.6) is 11.5 Å². The predicted molar refractivity (Wildman–Crippen MR) is 129 cm³/mol. The summed E-state index contributed by atoms with van der Waals surface area (Å²) in [6.07, 6.45) is 5.19. The van der Waals surface area contributed by atoms with E-state index < -0.39 is 0 Å². The minimum absolute atomic E-state index is 0.105. The lowest BCUT2D eigenvalue weighted by atomic mass is 9.93. The Morgan fingerprint density at radius 2 is 1.59 bits per heavy atom. The van der Waals surface area contributed by atoms with E-state index in [9.17, 15) is 9.90 Å². The number of aromatic hydroxyl groups is 1. The Bertz CT molecular complexity index is 1040. The number of nitrogens with zero attached hydrogens (tertiary/aromatic N) is 1. The maximum atomic E-state index is 13.2. The van der Waals surface area contributed by atoms with E-state index in [1.54, 1.807) is 36.4 Å². The van der Waals surface area contributed by atoms with E-state index in [1.165, 1.54) is 31.7 Å². The van der Waals surface area contributed by atoms with Crippen molar-refractivity contribution in [3.8, 4) is 22.6 Å². The Balaban J connectivity index is 1.44. The van der Waals surface area contributed by atoms with Gasteiger partial charge in [-0.15, -0.1) is 0 Å². The summed E-state index contributed by atoms with van der Waals surface area (Å²) in [4.78, 5) is 15.7. The first-order chi connectivity index (χ1) is 15.6. The van der Waals surface area contributed by atoms with Gasteiger partial charge in [-0.25, -0.2) is 0 Å². The first kappa shape index (κ1) is 22.4. The van der Waals surface area contributed by atoms with Gasteiger partial charge in [0.15, 0.2) is 5.78 Å². The highest BCUT2D eigenvalue weighted by atomic mass is 35.5. The van der Waals surface area contributed by atoms with E-state index in [2.05, 4.69) is 4.90 Å². The van der Waals surface area contributed by atoms with E-state index in [-0.39, 0.29) is 11.5 Å². The first-order valence-corrected chi connectivity index (χ1v) is 11.6. The summed E-state index contributed by atoms with van der Waals surface area (Å²) in [5.41, 5.74) is 2.59. The molecule has 0 saturated carbocycles. The number of rotatable bonds is 7. The molecule has 0 bridgehead atoms. The van der Waals surface area contributed by atoms with E-state index in [0.717, 1.165) is 30.9 Å². The fraction of sp³-hybridized carbons (Fsp3) is 0.296. The Morgan fingerprint density at radius 3 is 2.28 bits per heavy atom. The second-order valence-electron chi connectivity index (χ2n) is 8.19. The Kier molecular flexibility index (Phi) is 7.46. The van der Waals surface area contributed by atoms with Gasteiger partial charge in [0.05, 0.1) is 0 Å². The molecule has 1 aliphatic heterocycles. The minimum atomic E-state index is -0.105. The van der Waals surface area contributed by atoms with Crippen molar-refractivity contribution in [2.45, 2.75) is 25.7 Å². The number of halogens is 1. The molecule has 1 saturated heterocycles. The van der Waals surface area contributed by atoms with Crippen molar-refractivity contribution >= 4 is 17.4 Å². The van der Waals surface area contributed by atoms with E-state index >= 15 is 0 Å². The molecule has 3 aromatic carbocycles. The van der Waals surface area contributed by atoms with Crippen molar-refractivity contribution < 1.29 is 14.6 Å². The molecule has 1 heterocycles. The largest absolute Gasteiger partial charge is 0.508 e. The number of likely N-dealkylation sites (tertiary alicyclic amines) is 1. The van der Waals surface area contributed by atoms with Gasteiger partial charge >= 0.3 is 0 Å². The molecule has 4 rings (SSSR count). The average Bonchev–Trinajstić information content (AvgIpc) is 3.08. The lowest BCUT2D eigenvalue weighted by molar-refractivity contribution is 0.103. The first-order valence-electron chi connectivity index (χ1n) is 11.2. The van der Waals surface area contributed by atoms with Gasteiger partial charge in [0, 0.05) is 22.7 Å². The number of phenolic OH excluding ortho intramolecular Hbond substituents is 1. The standard InChI is InChI=1S/C27H28ClNO3/c28-22-9-5-20(6-10-22)26-19-23(30)11-14-25(26)27(31)21-7-12-24(13-8-21)32-18-17-29-15-3-1-2-4-16-29/h5-14,19,30H,1-4,15-18H2. The molecule has 1 aliphatic rings. The molecule has 3 aromatic rings. The van der Waals surface area contributed by atoms with Crippen LogP contribution in [0.25, 0.3) is 11.1 Å². The number of benzene rings is 3. The van der Waals surface area contributed by atoms with Crippen LogP contribution in [0.15, 0.2) is 66.7 Å². The number of phenols is 1. The van der Waals surface area contributed by atoms with Crippen LogP contribution in [0.1, 0.15) is 41.6 Å². The van der Waals surface area contributed by atoms with Crippen LogP contribution in [0.2, 0.25) is 5.02 Å². The molecule has 5 heteroatoms. The normalized spacial score (nSPS) is 14.7. The van der Waals surface area contributed by atoms with E-state index in [1.807, 2.05) is 24.3 Å². The quantitative estimate of drug-likeness (QED) is 0.436. The third-order valence-electron chi connectivity index (χ3n) is 5.89. The minimum Gasteiger partial charge on any atom is -0.508 e. The van der Waals surface area contributed by atoms with E-state index in [0.29, 0.717) is 28.3 Å². The van der Waals surface area contributed by atoms with Gasteiger partial charge < -0.3 is 9.84 Å². The van der Waals surface area contributed by atoms with Crippen LogP contribution in [-0.4, -0.2) is 42.0 Å². The molecule has 0 atom stereocenters. The molecule has 0 aliphatic carbocycles. The molecule has 0 unspecified atom stereocenters. The average molecular weight is 450 g/mol. The predicted octanol–water partition coefficient (Wildman–Crippen LogP) is 6.20. The van der Waals surface area contributed by atoms with E-state index in [4.69, 9.17) is 16.3 Å². The summed E-state index contributed by atoms with van der Waals surface area (Å²) < 4.78 is 5.91. The van der Waals surface area contributed by atoms with Crippen molar-refractivity contribution in [2.75, 3.05) is 26.2 Å². The molecule has 0 radical (unpaired) electrons. The third kappa shape index (κ3) is 5.70. The zero-order valence-corrected chi connectivity index (χ0v) is 18.9. The fourth-order valence-electron chi connectivity index (χ4n) is 4.11. The Labute approximate surface area is 194 Å². The highest BCUT2D eigenvalue weighted by Gasteiger charge is 2.16. The third-order valence-corrected chi connectivity index (χ3v) is 6.15. The highest BCUT2D eigenvalue weighted by Crippen LogP contribution is 2.30. The number of hydrogen-bond donors (Lipinski definition) is 1. The van der Waals surface area contributed by atoms with Gasteiger partial charge in [0.2, 0.25) is 0 Å². The topological polar surface area (TPSA) is 49.8 Å². The van der Waals surface area contributed by atoms with Crippen LogP contribution in [0.3, 0.4) is 0 Å². The molecule has 0 aromatic heterocycles. The van der Waals surface area contributed by atoms with Crippen LogP contribution in [0.4, 0.5) is 0 Å². The molecule has 0 spiro atoms. The zero-order valence-electron chi connectivity index (χ0n) is 18.1. The van der Waals surface area contributed by atoms with Crippen LogP contribution >= 0.6 is 11.6 Å². The monoisotopic (exact) mass is 449 g/mol. The summed E-state index contributed by atoms with van der Waals surface area (Å²) in [6.45, 7) is 3.88. The lowest BCUT2D eigenvalue weighted by Crippen LogP contribution is -2.29. The number of ether oxygens (including phenoxy) is 1. The molecule has 4 nitrogen and oxygen atoms in total. The molecular formula is C27H28ClNO3. The molecule has 0 amide bonds. The van der Waals surface area contributed by atoms with Crippen molar-refractivity contribution in [2.24, 2.45) is 0 Å². The van der Waals surface area contributed by atoms with Crippen LogP contribution in [-0.2, 0) is 0 Å². The van der Waals surface area contributed by atoms with Gasteiger partial charge in [-0.2, -0.15) is 0 Å². The van der Waals surface area contributed by atoms with Crippen LogP contribution in [0, 0.1) is 0 Å². The summed E-state index contributed by atoms with van der Waals surface area (Å²) in [5.74, 6) is 0.769. The Morgan fingerprint density at radius 1 is 0.906 bits per heavy atom. The summed E-state index contributed by atoms with van der Waals surface area (Å²) in [7, 11) is 0. The Hall–Kier alpha value is -2.82. The number of carbonyl (C=O) groups is 1. The second-order valence-corrected chi connectivity index (χ2v) is 8.63. The van der Waals surface area contributed by atoms with Gasteiger partial charge in [-0.1, -0.05) is 36.6 Å². The second kappa shape index (κ2) is 10.7. The molecule has 1 N–H and O–H groups in total.